The van der Waals surface area contributed by atoms with E-state index in [4.69, 9.17) is 0 Å². The predicted octanol–water partition coefficient (Wildman–Crippen LogP) is 3.59. The highest BCUT2D eigenvalue weighted by molar-refractivity contribution is 5.93. The number of amides is 1. The van der Waals surface area contributed by atoms with Crippen molar-refractivity contribution in [2.45, 2.75) is 45.1 Å². The van der Waals surface area contributed by atoms with E-state index in [9.17, 15) is 9.18 Å². The molecule has 2 aliphatic rings. The van der Waals surface area contributed by atoms with Gasteiger partial charge in [-0.25, -0.2) is 4.39 Å². The number of hydrogen-bond acceptors (Lipinski definition) is 4. The van der Waals surface area contributed by atoms with E-state index < -0.39 is 5.82 Å². The van der Waals surface area contributed by atoms with Gasteiger partial charge in [-0.05, 0) is 57.0 Å². The minimum Gasteiger partial charge on any atom is -0.323 e. The molecule has 1 aromatic heterocycles. The second kappa shape index (κ2) is 10.2. The molecule has 0 aliphatic carbocycles. The lowest BCUT2D eigenvalue weighted by Gasteiger charge is -2.22. The van der Waals surface area contributed by atoms with Crippen LogP contribution in [0.2, 0.25) is 0 Å². The number of hydrogen-bond donors (Lipinski definition) is 2. The zero-order valence-electron chi connectivity index (χ0n) is 15.6. The Bertz CT molecular complexity index is 808. The van der Waals surface area contributed by atoms with Crippen LogP contribution in [0.5, 0.6) is 0 Å². The van der Waals surface area contributed by atoms with Gasteiger partial charge in [0.05, 0.1) is 5.69 Å². The minimum absolute atomic E-state index is 0. The van der Waals surface area contributed by atoms with Crippen molar-refractivity contribution in [1.82, 2.24) is 20.1 Å². The van der Waals surface area contributed by atoms with Crippen molar-refractivity contribution in [2.24, 2.45) is 5.92 Å². The molecule has 2 aromatic rings. The van der Waals surface area contributed by atoms with E-state index in [-0.39, 0.29) is 42.3 Å². The van der Waals surface area contributed by atoms with Gasteiger partial charge in [0.2, 0.25) is 5.91 Å². The molecule has 28 heavy (non-hydrogen) atoms. The summed E-state index contributed by atoms with van der Waals surface area (Å²) in [4.78, 5) is 12.5. The number of nitrogens with one attached hydrogen (secondary N) is 2. The van der Waals surface area contributed by atoms with E-state index in [1.807, 2.05) is 0 Å². The molecule has 154 valence electrons. The summed E-state index contributed by atoms with van der Waals surface area (Å²) in [6.07, 6.45) is 5.89. The van der Waals surface area contributed by atoms with Crippen molar-refractivity contribution in [3.8, 4) is 11.4 Å². The molecule has 4 rings (SSSR count). The first-order valence-corrected chi connectivity index (χ1v) is 9.46. The van der Waals surface area contributed by atoms with Gasteiger partial charge in [0.25, 0.3) is 0 Å². The maximum atomic E-state index is 14.3. The van der Waals surface area contributed by atoms with Gasteiger partial charge in [-0.3, -0.25) is 4.79 Å². The highest BCUT2D eigenvalue weighted by Crippen LogP contribution is 2.27. The zero-order chi connectivity index (χ0) is 17.9. The summed E-state index contributed by atoms with van der Waals surface area (Å²) in [6.45, 7) is 2.53. The first-order chi connectivity index (χ1) is 12.7. The molecule has 0 bridgehead atoms. The Morgan fingerprint density at radius 3 is 2.71 bits per heavy atom. The summed E-state index contributed by atoms with van der Waals surface area (Å²) >= 11 is 0. The van der Waals surface area contributed by atoms with Crippen molar-refractivity contribution in [1.29, 1.82) is 0 Å². The molecule has 1 aromatic carbocycles. The highest BCUT2D eigenvalue weighted by Gasteiger charge is 2.22. The second-order valence-corrected chi connectivity index (χ2v) is 7.11. The molecule has 0 radical (unpaired) electrons. The van der Waals surface area contributed by atoms with Gasteiger partial charge in [0.1, 0.15) is 11.6 Å². The van der Waals surface area contributed by atoms with Crippen molar-refractivity contribution < 1.29 is 9.18 Å². The fourth-order valence-electron chi connectivity index (χ4n) is 3.78. The first-order valence-electron chi connectivity index (χ1n) is 9.46. The van der Waals surface area contributed by atoms with E-state index in [0.717, 1.165) is 69.0 Å². The average Bonchev–Trinajstić information content (AvgIpc) is 2.92. The Morgan fingerprint density at radius 1 is 1.14 bits per heavy atom. The maximum absolute atomic E-state index is 14.3. The number of aromatic nitrogens is 3. The quantitative estimate of drug-likeness (QED) is 0.781. The van der Waals surface area contributed by atoms with Gasteiger partial charge in [-0.15, -0.1) is 35.0 Å². The number of anilines is 1. The van der Waals surface area contributed by atoms with Crippen LogP contribution in [0.4, 0.5) is 10.1 Å². The number of carbonyl (C=O) groups excluding carboxylic acids is 1. The average molecular weight is 430 g/mol. The monoisotopic (exact) mass is 429 g/mol. The van der Waals surface area contributed by atoms with E-state index in [1.54, 1.807) is 12.1 Å². The lowest BCUT2D eigenvalue weighted by atomic mass is 9.97. The van der Waals surface area contributed by atoms with Crippen LogP contribution in [-0.4, -0.2) is 33.8 Å². The molecular weight excluding hydrogens is 404 g/mol. The Kier molecular flexibility index (Phi) is 8.22. The Labute approximate surface area is 176 Å². The Hall–Kier alpha value is -1.70. The topological polar surface area (TPSA) is 71.8 Å². The van der Waals surface area contributed by atoms with Gasteiger partial charge in [-0.1, -0.05) is 6.42 Å². The van der Waals surface area contributed by atoms with Gasteiger partial charge in [-0.2, -0.15) is 0 Å². The third kappa shape index (κ3) is 4.82. The van der Waals surface area contributed by atoms with Crippen LogP contribution in [0, 0.1) is 11.7 Å². The molecular formula is C19H26Cl2FN5O. The summed E-state index contributed by atoms with van der Waals surface area (Å²) in [5.74, 6) is 1.14. The molecule has 2 aliphatic heterocycles. The Morgan fingerprint density at radius 2 is 1.93 bits per heavy atom. The zero-order valence-corrected chi connectivity index (χ0v) is 17.3. The van der Waals surface area contributed by atoms with Crippen molar-refractivity contribution in [3.05, 3.63) is 29.8 Å². The summed E-state index contributed by atoms with van der Waals surface area (Å²) in [6, 6.07) is 4.78. The number of piperidine rings is 1. The van der Waals surface area contributed by atoms with Crippen LogP contribution in [0.15, 0.2) is 18.2 Å². The molecule has 0 spiro atoms. The summed E-state index contributed by atoms with van der Waals surface area (Å²) in [5, 5.41) is 14.6. The number of halogens is 3. The molecule has 6 nitrogen and oxygen atoms in total. The molecule has 0 atom stereocenters. The van der Waals surface area contributed by atoms with Crippen LogP contribution in [0.25, 0.3) is 11.4 Å². The van der Waals surface area contributed by atoms with Gasteiger partial charge in [0.15, 0.2) is 5.82 Å². The SMILES string of the molecule is Cl.Cl.O=C(Nc1cc(-c2nnc3n2CCCCC3)ccc1F)C1CCNCC1. The van der Waals surface area contributed by atoms with Crippen LogP contribution in [0.3, 0.4) is 0 Å². The molecule has 0 saturated carbocycles. The van der Waals surface area contributed by atoms with Gasteiger partial charge in [0, 0.05) is 24.4 Å². The van der Waals surface area contributed by atoms with Gasteiger partial charge < -0.3 is 15.2 Å². The lowest BCUT2D eigenvalue weighted by molar-refractivity contribution is -0.120. The fourth-order valence-corrected chi connectivity index (χ4v) is 3.78. The molecule has 9 heteroatoms. The molecule has 1 saturated heterocycles. The number of aryl methyl sites for hydroxylation is 1. The third-order valence-electron chi connectivity index (χ3n) is 5.30. The standard InChI is InChI=1S/C19H24FN5O.2ClH/c20-15-6-5-14(18-24-23-17-4-2-1-3-11-25(17)18)12-16(15)22-19(26)13-7-9-21-10-8-13;;/h5-6,12-13,21H,1-4,7-11H2,(H,22,26);2*1H. The molecule has 1 fully saturated rings. The number of carbonyl (C=O) groups is 1. The minimum atomic E-state index is -0.424. The van der Waals surface area contributed by atoms with E-state index in [1.165, 1.54) is 12.5 Å². The third-order valence-corrected chi connectivity index (χ3v) is 5.30. The van der Waals surface area contributed by atoms with Crippen LogP contribution in [0.1, 0.15) is 37.9 Å². The number of benzene rings is 1. The highest BCUT2D eigenvalue weighted by atomic mass is 35.5. The number of fused-ring (bicyclic) bond motifs is 1. The summed E-state index contributed by atoms with van der Waals surface area (Å²) < 4.78 is 16.4. The Balaban J connectivity index is 0.00000140. The number of nitrogens with zero attached hydrogens (tertiary/aromatic N) is 3. The fraction of sp³-hybridized carbons (Fsp3) is 0.526. The summed E-state index contributed by atoms with van der Waals surface area (Å²) in [7, 11) is 0. The molecule has 2 N–H and O–H groups in total. The first kappa shape index (κ1) is 22.6. The van der Waals surface area contributed by atoms with Crippen molar-refractivity contribution in [2.75, 3.05) is 18.4 Å². The summed E-state index contributed by atoms with van der Waals surface area (Å²) in [5.41, 5.74) is 1.00. The maximum Gasteiger partial charge on any atom is 0.227 e. The smallest absolute Gasteiger partial charge is 0.227 e. The van der Waals surface area contributed by atoms with Crippen LogP contribution in [-0.2, 0) is 17.8 Å². The van der Waals surface area contributed by atoms with E-state index in [2.05, 4.69) is 25.4 Å². The lowest BCUT2D eigenvalue weighted by Crippen LogP contribution is -2.34. The van der Waals surface area contributed by atoms with Crippen molar-refractivity contribution >= 4 is 36.4 Å². The van der Waals surface area contributed by atoms with Crippen molar-refractivity contribution in [3.63, 3.8) is 0 Å². The molecule has 3 heterocycles. The second-order valence-electron chi connectivity index (χ2n) is 7.11. The van der Waals surface area contributed by atoms with Crippen LogP contribution >= 0.6 is 24.8 Å². The van der Waals surface area contributed by atoms with E-state index >= 15 is 0 Å². The number of rotatable bonds is 3. The normalized spacial score (nSPS) is 16.9. The van der Waals surface area contributed by atoms with Crippen LogP contribution < -0.4 is 10.6 Å². The van der Waals surface area contributed by atoms with Gasteiger partial charge >= 0.3 is 0 Å². The van der Waals surface area contributed by atoms with E-state index in [0.29, 0.717) is 0 Å². The molecule has 0 unspecified atom stereocenters. The largest absolute Gasteiger partial charge is 0.323 e. The molecule has 1 amide bonds. The predicted molar refractivity (Wildman–Crippen MR) is 112 cm³/mol.